The van der Waals surface area contributed by atoms with Gasteiger partial charge in [0.2, 0.25) is 5.91 Å². The molecule has 4 heteroatoms. The van der Waals surface area contributed by atoms with Gasteiger partial charge in [0.05, 0.1) is 6.54 Å². The Morgan fingerprint density at radius 2 is 2.13 bits per heavy atom. The molecule has 0 aromatic heterocycles. The second-order valence-corrected chi connectivity index (χ2v) is 6.86. The lowest BCUT2D eigenvalue weighted by Gasteiger charge is -2.42. The van der Waals surface area contributed by atoms with Gasteiger partial charge in [0.1, 0.15) is 11.4 Å². The fraction of sp³-hybridized carbons (Fsp3) is 0.526. The topological polar surface area (TPSA) is 32.8 Å². The number of fused-ring (bicyclic) bond motifs is 1. The first-order valence-corrected chi connectivity index (χ1v) is 8.39. The van der Waals surface area contributed by atoms with E-state index in [0.29, 0.717) is 13.1 Å². The van der Waals surface area contributed by atoms with Crippen molar-refractivity contribution < 1.29 is 9.53 Å². The number of rotatable bonds is 2. The Morgan fingerprint density at radius 3 is 2.78 bits per heavy atom. The van der Waals surface area contributed by atoms with Crippen LogP contribution in [0, 0.1) is 6.92 Å². The van der Waals surface area contributed by atoms with Crippen molar-refractivity contribution in [2.24, 2.45) is 0 Å². The number of ether oxygens (including phenoxy) is 1. The van der Waals surface area contributed by atoms with Crippen molar-refractivity contribution in [3.05, 3.63) is 42.0 Å². The number of aryl methyl sites for hydroxylation is 1. The van der Waals surface area contributed by atoms with Gasteiger partial charge in [0.25, 0.3) is 0 Å². The molecule has 0 bridgehead atoms. The Balaban J connectivity index is 1.87. The maximum atomic E-state index is 12.1. The fourth-order valence-corrected chi connectivity index (χ4v) is 3.61. The Bertz CT molecular complexity index is 603. The monoisotopic (exact) mass is 314 g/mol. The number of hydrogen-bond donors (Lipinski definition) is 0. The molecule has 1 aromatic carbocycles. The highest BCUT2D eigenvalue weighted by Crippen LogP contribution is 2.36. The van der Waals surface area contributed by atoms with E-state index in [1.54, 1.807) is 6.92 Å². The van der Waals surface area contributed by atoms with Crippen molar-refractivity contribution in [1.82, 2.24) is 9.80 Å². The minimum Gasteiger partial charge on any atom is -0.485 e. The molecule has 3 rings (SSSR count). The van der Waals surface area contributed by atoms with E-state index in [-0.39, 0.29) is 11.5 Å². The number of nitrogens with zero attached hydrogens (tertiary/aromatic N) is 2. The second kappa shape index (κ2) is 6.36. The van der Waals surface area contributed by atoms with Crippen LogP contribution in [0.3, 0.4) is 0 Å². The van der Waals surface area contributed by atoms with Gasteiger partial charge < -0.3 is 9.64 Å². The van der Waals surface area contributed by atoms with Crippen LogP contribution >= 0.6 is 0 Å². The van der Waals surface area contributed by atoms with Gasteiger partial charge in [-0.3, -0.25) is 9.69 Å². The van der Waals surface area contributed by atoms with Crippen LogP contribution < -0.4 is 4.74 Å². The number of amides is 1. The van der Waals surface area contributed by atoms with E-state index in [1.807, 2.05) is 11.0 Å². The van der Waals surface area contributed by atoms with Gasteiger partial charge in [-0.25, -0.2) is 0 Å². The van der Waals surface area contributed by atoms with Crippen LogP contribution in [0.2, 0.25) is 0 Å². The maximum Gasteiger partial charge on any atom is 0.219 e. The normalized spacial score (nSPS) is 20.5. The van der Waals surface area contributed by atoms with E-state index in [2.05, 4.69) is 36.6 Å². The molecule has 1 aromatic rings. The van der Waals surface area contributed by atoms with E-state index in [1.165, 1.54) is 5.56 Å². The molecule has 1 spiro atoms. The molecule has 23 heavy (non-hydrogen) atoms. The van der Waals surface area contributed by atoms with Crippen LogP contribution in [-0.4, -0.2) is 47.5 Å². The third kappa shape index (κ3) is 3.42. The number of piperidine rings is 1. The van der Waals surface area contributed by atoms with Gasteiger partial charge in [0.15, 0.2) is 0 Å². The molecule has 4 nitrogen and oxygen atoms in total. The Morgan fingerprint density at radius 1 is 1.39 bits per heavy atom. The summed E-state index contributed by atoms with van der Waals surface area (Å²) in [4.78, 5) is 16.4. The highest BCUT2D eigenvalue weighted by Gasteiger charge is 2.41. The number of benzene rings is 1. The summed E-state index contributed by atoms with van der Waals surface area (Å²) in [5, 5.41) is 0. The average Bonchev–Trinajstić information content (AvgIpc) is 2.67. The molecule has 0 atom stereocenters. The predicted molar refractivity (Wildman–Crippen MR) is 91.5 cm³/mol. The van der Waals surface area contributed by atoms with E-state index < -0.39 is 0 Å². The Kier molecular flexibility index (Phi) is 4.44. The van der Waals surface area contributed by atoms with Crippen LogP contribution in [0.15, 0.2) is 30.9 Å². The van der Waals surface area contributed by atoms with Gasteiger partial charge >= 0.3 is 0 Å². The number of carbonyl (C=O) groups excluding carboxylic acids is 1. The third-order valence-corrected chi connectivity index (χ3v) is 4.98. The first kappa shape index (κ1) is 16.1. The molecule has 1 fully saturated rings. The van der Waals surface area contributed by atoms with Crippen molar-refractivity contribution in [2.45, 2.75) is 38.8 Å². The van der Waals surface area contributed by atoms with Crippen LogP contribution in [0.5, 0.6) is 5.75 Å². The van der Waals surface area contributed by atoms with Crippen LogP contribution in [0.4, 0.5) is 0 Å². The largest absolute Gasteiger partial charge is 0.485 e. The molecule has 2 aliphatic heterocycles. The lowest BCUT2D eigenvalue weighted by atomic mass is 9.90. The van der Waals surface area contributed by atoms with Gasteiger partial charge in [0, 0.05) is 51.5 Å². The molecular weight excluding hydrogens is 288 g/mol. The van der Waals surface area contributed by atoms with Gasteiger partial charge in [-0.1, -0.05) is 23.8 Å². The quantitative estimate of drug-likeness (QED) is 0.787. The van der Waals surface area contributed by atoms with Crippen molar-refractivity contribution in [1.29, 1.82) is 0 Å². The molecule has 2 aliphatic rings. The summed E-state index contributed by atoms with van der Waals surface area (Å²) in [5.74, 6) is 1.06. The Hall–Kier alpha value is -1.81. The molecule has 124 valence electrons. The van der Waals surface area contributed by atoms with Crippen LogP contribution in [0.1, 0.15) is 30.9 Å². The van der Waals surface area contributed by atoms with E-state index >= 15 is 0 Å². The lowest BCUT2D eigenvalue weighted by molar-refractivity contribution is -0.132. The van der Waals surface area contributed by atoms with E-state index in [4.69, 9.17) is 4.74 Å². The van der Waals surface area contributed by atoms with Crippen LogP contribution in [-0.2, 0) is 11.3 Å². The standard InChI is InChI=1S/C19H26N2O2/c1-4-9-20-10-7-19(8-11-20)14-21(16(3)22)13-17-12-15(2)5-6-18(17)23-19/h4-6,12H,1,7-11,13-14H2,2-3H3. The maximum absolute atomic E-state index is 12.1. The van der Waals surface area contributed by atoms with E-state index in [9.17, 15) is 4.79 Å². The molecule has 2 heterocycles. The zero-order valence-electron chi connectivity index (χ0n) is 14.2. The van der Waals surface area contributed by atoms with Crippen molar-refractivity contribution in [2.75, 3.05) is 26.2 Å². The predicted octanol–water partition coefficient (Wildman–Crippen LogP) is 2.76. The summed E-state index contributed by atoms with van der Waals surface area (Å²) in [7, 11) is 0. The van der Waals surface area contributed by atoms with E-state index in [0.717, 1.165) is 43.8 Å². The third-order valence-electron chi connectivity index (χ3n) is 4.98. The highest BCUT2D eigenvalue weighted by atomic mass is 16.5. The van der Waals surface area contributed by atoms with Gasteiger partial charge in [-0.2, -0.15) is 0 Å². The van der Waals surface area contributed by atoms with Crippen molar-refractivity contribution in [3.63, 3.8) is 0 Å². The first-order valence-electron chi connectivity index (χ1n) is 8.39. The minimum atomic E-state index is -0.260. The first-order chi connectivity index (χ1) is 11.0. The SMILES string of the molecule is C=CCN1CCC2(CC1)CN(C(C)=O)Cc1cc(C)ccc1O2. The molecular formula is C19H26N2O2. The van der Waals surface area contributed by atoms with Gasteiger partial charge in [-0.05, 0) is 13.0 Å². The second-order valence-electron chi connectivity index (χ2n) is 6.86. The summed E-state index contributed by atoms with van der Waals surface area (Å²) in [6.45, 7) is 11.8. The number of hydrogen-bond acceptors (Lipinski definition) is 3. The molecule has 0 aliphatic carbocycles. The lowest BCUT2D eigenvalue weighted by Crippen LogP contribution is -2.54. The summed E-state index contributed by atoms with van der Waals surface area (Å²) >= 11 is 0. The fourth-order valence-electron chi connectivity index (χ4n) is 3.61. The Labute approximate surface area is 138 Å². The average molecular weight is 314 g/mol. The number of likely N-dealkylation sites (tertiary alicyclic amines) is 1. The minimum absolute atomic E-state index is 0.121. The van der Waals surface area contributed by atoms with Gasteiger partial charge in [-0.15, -0.1) is 6.58 Å². The molecule has 0 saturated carbocycles. The highest BCUT2D eigenvalue weighted by molar-refractivity contribution is 5.73. The molecule has 1 saturated heterocycles. The molecule has 1 amide bonds. The summed E-state index contributed by atoms with van der Waals surface area (Å²) in [5.41, 5.74) is 2.06. The summed E-state index contributed by atoms with van der Waals surface area (Å²) in [6, 6.07) is 6.28. The smallest absolute Gasteiger partial charge is 0.219 e. The summed E-state index contributed by atoms with van der Waals surface area (Å²) in [6.07, 6.45) is 3.84. The number of carbonyl (C=O) groups is 1. The van der Waals surface area contributed by atoms with Crippen molar-refractivity contribution >= 4 is 5.91 Å². The van der Waals surface area contributed by atoms with Crippen molar-refractivity contribution in [3.8, 4) is 5.75 Å². The molecule has 0 N–H and O–H groups in total. The van der Waals surface area contributed by atoms with Crippen LogP contribution in [0.25, 0.3) is 0 Å². The summed E-state index contributed by atoms with van der Waals surface area (Å²) < 4.78 is 6.50. The zero-order valence-corrected chi connectivity index (χ0v) is 14.2. The molecule has 0 unspecified atom stereocenters. The molecule has 0 radical (unpaired) electrons. The zero-order chi connectivity index (χ0) is 16.4.